The molecule has 0 unspecified atom stereocenters. The van der Waals surface area contributed by atoms with E-state index in [4.69, 9.17) is 16.0 Å². The fraction of sp³-hybridized carbons (Fsp3) is 0.0526. The third kappa shape index (κ3) is 5.00. The number of halogens is 2. The summed E-state index contributed by atoms with van der Waals surface area (Å²) in [7, 11) is 0. The lowest BCUT2D eigenvalue weighted by atomic mass is 10.2. The number of hydrogen-bond acceptors (Lipinski definition) is 7. The van der Waals surface area contributed by atoms with Crippen LogP contribution in [-0.4, -0.2) is 26.8 Å². The van der Waals surface area contributed by atoms with E-state index in [1.807, 2.05) is 17.5 Å². The molecule has 1 N–H and O–H groups in total. The summed E-state index contributed by atoms with van der Waals surface area (Å²) in [6.45, 7) is 0. The van der Waals surface area contributed by atoms with Crippen LogP contribution in [-0.2, 0) is 4.79 Å². The molecule has 2 aromatic heterocycles. The SMILES string of the molecule is O=C(CSc1nnc(-c2cccc(F)c2)o1)Nc1nc(-c2ccc(Cl)cc2)cs1. The molecule has 0 aliphatic rings. The molecule has 146 valence electrons. The van der Waals surface area contributed by atoms with Crippen molar-refractivity contribution in [3.05, 3.63) is 64.8 Å². The maximum Gasteiger partial charge on any atom is 0.277 e. The van der Waals surface area contributed by atoms with Crippen molar-refractivity contribution in [2.45, 2.75) is 5.22 Å². The van der Waals surface area contributed by atoms with Gasteiger partial charge in [0.1, 0.15) is 5.82 Å². The number of hydrogen-bond donors (Lipinski definition) is 1. The molecular formula is C19H12ClFN4O2S2. The van der Waals surface area contributed by atoms with Crippen molar-refractivity contribution in [3.8, 4) is 22.7 Å². The number of carbonyl (C=O) groups excluding carboxylic acids is 1. The maximum absolute atomic E-state index is 13.3. The number of thioether (sulfide) groups is 1. The lowest BCUT2D eigenvalue weighted by Gasteiger charge is -1.99. The van der Waals surface area contributed by atoms with Gasteiger partial charge < -0.3 is 9.73 Å². The first-order valence-electron chi connectivity index (χ1n) is 8.30. The van der Waals surface area contributed by atoms with Crippen molar-refractivity contribution in [3.63, 3.8) is 0 Å². The van der Waals surface area contributed by atoms with Crippen LogP contribution >= 0.6 is 34.7 Å². The number of rotatable bonds is 6. The van der Waals surface area contributed by atoms with Gasteiger partial charge in [0, 0.05) is 21.5 Å². The van der Waals surface area contributed by atoms with Gasteiger partial charge in [0.05, 0.1) is 11.4 Å². The molecule has 4 rings (SSSR count). The summed E-state index contributed by atoms with van der Waals surface area (Å²) in [5, 5.41) is 13.7. The quantitative estimate of drug-likeness (QED) is 0.400. The molecule has 0 bridgehead atoms. The Labute approximate surface area is 178 Å². The number of carbonyl (C=O) groups is 1. The predicted molar refractivity (Wildman–Crippen MR) is 112 cm³/mol. The molecule has 0 saturated heterocycles. The average molecular weight is 447 g/mol. The summed E-state index contributed by atoms with van der Waals surface area (Å²) >= 11 is 8.31. The highest BCUT2D eigenvalue weighted by Gasteiger charge is 2.13. The van der Waals surface area contributed by atoms with Crippen molar-refractivity contribution < 1.29 is 13.6 Å². The topological polar surface area (TPSA) is 80.9 Å². The highest BCUT2D eigenvalue weighted by Crippen LogP contribution is 2.27. The molecule has 2 aromatic carbocycles. The third-order valence-electron chi connectivity index (χ3n) is 3.70. The lowest BCUT2D eigenvalue weighted by molar-refractivity contribution is -0.113. The van der Waals surface area contributed by atoms with E-state index in [9.17, 15) is 9.18 Å². The average Bonchev–Trinajstić information content (AvgIpc) is 3.37. The lowest BCUT2D eigenvalue weighted by Crippen LogP contribution is -2.13. The second-order valence-corrected chi connectivity index (χ2v) is 7.99. The van der Waals surface area contributed by atoms with Gasteiger partial charge in [-0.05, 0) is 30.3 Å². The fourth-order valence-corrected chi connectivity index (χ4v) is 3.80. The highest BCUT2D eigenvalue weighted by atomic mass is 35.5. The number of thiazole rings is 1. The molecule has 0 aliphatic carbocycles. The number of benzene rings is 2. The van der Waals surface area contributed by atoms with Gasteiger partial charge in [-0.3, -0.25) is 4.79 Å². The summed E-state index contributed by atoms with van der Waals surface area (Å²) in [5.74, 6) is -0.381. The number of nitrogens with zero attached hydrogens (tertiary/aromatic N) is 3. The summed E-state index contributed by atoms with van der Waals surface area (Å²) in [6, 6.07) is 13.2. The van der Waals surface area contributed by atoms with Crippen molar-refractivity contribution in [2.24, 2.45) is 0 Å². The summed E-state index contributed by atoms with van der Waals surface area (Å²) in [5.41, 5.74) is 2.15. The van der Waals surface area contributed by atoms with Gasteiger partial charge in [0.2, 0.25) is 11.8 Å². The molecule has 29 heavy (non-hydrogen) atoms. The molecule has 0 atom stereocenters. The minimum atomic E-state index is -0.393. The van der Waals surface area contributed by atoms with E-state index in [1.165, 1.54) is 23.5 Å². The van der Waals surface area contributed by atoms with Gasteiger partial charge >= 0.3 is 0 Å². The molecule has 1 amide bonds. The summed E-state index contributed by atoms with van der Waals surface area (Å²) in [6.07, 6.45) is 0. The zero-order valence-electron chi connectivity index (χ0n) is 14.6. The van der Waals surface area contributed by atoms with Crippen LogP contribution in [0, 0.1) is 5.82 Å². The molecule has 0 saturated carbocycles. The smallest absolute Gasteiger partial charge is 0.277 e. The zero-order chi connectivity index (χ0) is 20.2. The molecular weight excluding hydrogens is 435 g/mol. The minimum absolute atomic E-state index is 0.0701. The predicted octanol–water partition coefficient (Wildman–Crippen LogP) is 5.38. The fourth-order valence-electron chi connectivity index (χ4n) is 2.37. The van der Waals surface area contributed by atoms with E-state index in [1.54, 1.807) is 24.3 Å². The van der Waals surface area contributed by atoms with E-state index in [2.05, 4.69) is 20.5 Å². The van der Waals surface area contributed by atoms with Crippen LogP contribution in [0.3, 0.4) is 0 Å². The van der Waals surface area contributed by atoms with Gasteiger partial charge in [-0.2, -0.15) is 0 Å². The second-order valence-electron chi connectivity index (χ2n) is 5.77. The number of aromatic nitrogens is 3. The largest absolute Gasteiger partial charge is 0.411 e. The Morgan fingerprint density at radius 2 is 2.00 bits per heavy atom. The van der Waals surface area contributed by atoms with E-state index in [0.717, 1.165) is 23.0 Å². The Morgan fingerprint density at radius 1 is 1.17 bits per heavy atom. The van der Waals surface area contributed by atoms with Gasteiger partial charge in [-0.1, -0.05) is 41.6 Å². The Kier molecular flexibility index (Phi) is 5.89. The van der Waals surface area contributed by atoms with Crippen LogP contribution in [0.25, 0.3) is 22.7 Å². The molecule has 0 fully saturated rings. The Morgan fingerprint density at radius 3 is 2.79 bits per heavy atom. The first-order chi connectivity index (χ1) is 14.1. The van der Waals surface area contributed by atoms with Crippen molar-refractivity contribution in [1.29, 1.82) is 0 Å². The second kappa shape index (κ2) is 8.73. The normalized spacial score (nSPS) is 10.8. The first kappa shape index (κ1) is 19.6. The maximum atomic E-state index is 13.3. The number of nitrogens with one attached hydrogen (secondary N) is 1. The highest BCUT2D eigenvalue weighted by molar-refractivity contribution is 7.99. The van der Waals surface area contributed by atoms with Crippen molar-refractivity contribution in [1.82, 2.24) is 15.2 Å². The van der Waals surface area contributed by atoms with Crippen LogP contribution in [0.5, 0.6) is 0 Å². The summed E-state index contributed by atoms with van der Waals surface area (Å²) < 4.78 is 18.8. The van der Waals surface area contributed by atoms with Gasteiger partial charge in [-0.25, -0.2) is 9.37 Å². The van der Waals surface area contributed by atoms with Gasteiger partial charge in [0.15, 0.2) is 5.13 Å². The van der Waals surface area contributed by atoms with Crippen LogP contribution in [0.1, 0.15) is 0 Å². The van der Waals surface area contributed by atoms with Crippen LogP contribution < -0.4 is 5.32 Å². The molecule has 0 spiro atoms. The first-order valence-corrected chi connectivity index (χ1v) is 10.5. The Bertz CT molecular complexity index is 1150. The van der Waals surface area contributed by atoms with Gasteiger partial charge in [0.25, 0.3) is 5.22 Å². The van der Waals surface area contributed by atoms with E-state index in [-0.39, 0.29) is 22.8 Å². The Hall–Kier alpha value is -2.75. The molecule has 0 radical (unpaired) electrons. The minimum Gasteiger partial charge on any atom is -0.411 e. The molecule has 0 aliphatic heterocycles. The third-order valence-corrected chi connectivity index (χ3v) is 5.52. The van der Waals surface area contributed by atoms with Crippen LogP contribution in [0.2, 0.25) is 5.02 Å². The van der Waals surface area contributed by atoms with E-state index in [0.29, 0.717) is 15.7 Å². The van der Waals surface area contributed by atoms with Crippen molar-refractivity contribution >= 4 is 45.7 Å². The van der Waals surface area contributed by atoms with E-state index >= 15 is 0 Å². The van der Waals surface area contributed by atoms with E-state index < -0.39 is 5.82 Å². The zero-order valence-corrected chi connectivity index (χ0v) is 17.0. The van der Waals surface area contributed by atoms with Crippen LogP contribution in [0.4, 0.5) is 9.52 Å². The summed E-state index contributed by atoms with van der Waals surface area (Å²) in [4.78, 5) is 16.6. The standard InChI is InChI=1S/C19H12ClFN4O2S2/c20-13-6-4-11(5-7-13)15-9-28-18(22-15)23-16(26)10-29-19-25-24-17(27-19)12-2-1-3-14(21)8-12/h1-9H,10H2,(H,22,23,26). The molecule has 4 aromatic rings. The monoisotopic (exact) mass is 446 g/mol. The number of amides is 1. The van der Waals surface area contributed by atoms with Crippen molar-refractivity contribution in [2.75, 3.05) is 11.1 Å². The van der Waals surface area contributed by atoms with Crippen LogP contribution in [0.15, 0.2) is 63.6 Å². The Balaban J connectivity index is 1.33. The number of anilines is 1. The molecule has 10 heteroatoms. The van der Waals surface area contributed by atoms with Gasteiger partial charge in [-0.15, -0.1) is 21.5 Å². The molecule has 6 nitrogen and oxygen atoms in total. The molecule has 2 heterocycles.